The van der Waals surface area contributed by atoms with Crippen LogP contribution in [-0.4, -0.2) is 25.0 Å². The van der Waals surface area contributed by atoms with E-state index in [2.05, 4.69) is 15.3 Å². The van der Waals surface area contributed by atoms with Crippen molar-refractivity contribution in [2.75, 3.05) is 5.32 Å². The molecular formula is C21H21N5O2. The molecule has 0 bridgehead atoms. The number of aryl methyl sites for hydroxylation is 2. The minimum atomic E-state index is -0.208. The number of amides is 1. The Morgan fingerprint density at radius 1 is 1.14 bits per heavy atom. The van der Waals surface area contributed by atoms with Gasteiger partial charge in [-0.15, -0.1) is 0 Å². The Morgan fingerprint density at radius 3 is 2.64 bits per heavy atom. The molecule has 2 heterocycles. The van der Waals surface area contributed by atoms with Crippen LogP contribution in [0.3, 0.4) is 0 Å². The first-order valence-corrected chi connectivity index (χ1v) is 9.11. The first-order valence-electron chi connectivity index (χ1n) is 9.11. The molecule has 0 spiro atoms. The van der Waals surface area contributed by atoms with Crippen LogP contribution in [0.1, 0.15) is 23.1 Å². The zero-order chi connectivity index (χ0) is 19.5. The fourth-order valence-electron chi connectivity index (χ4n) is 3.05. The van der Waals surface area contributed by atoms with Crippen molar-refractivity contribution in [2.45, 2.75) is 20.1 Å². The van der Waals surface area contributed by atoms with E-state index in [1.165, 1.54) is 0 Å². The van der Waals surface area contributed by atoms with Crippen LogP contribution >= 0.6 is 0 Å². The van der Waals surface area contributed by atoms with Crippen molar-refractivity contribution in [1.82, 2.24) is 19.1 Å². The first-order chi connectivity index (χ1) is 13.7. The molecule has 7 heteroatoms. The molecule has 4 rings (SSSR count). The molecule has 0 saturated heterocycles. The maximum Gasteiger partial charge on any atom is 0.257 e. The SMILES string of the molecule is CCn1c(NC(=O)c2ccc(OCc3nccn3C)cc2)nc2ccccc21. The molecule has 142 valence electrons. The fraction of sp³-hybridized carbons (Fsp3) is 0.190. The Hall–Kier alpha value is -3.61. The quantitative estimate of drug-likeness (QED) is 0.559. The number of aromatic nitrogens is 4. The number of fused-ring (bicyclic) bond motifs is 1. The van der Waals surface area contributed by atoms with Gasteiger partial charge >= 0.3 is 0 Å². The predicted octanol–water partition coefficient (Wildman–Crippen LogP) is 3.62. The summed E-state index contributed by atoms with van der Waals surface area (Å²) < 4.78 is 9.62. The Labute approximate surface area is 162 Å². The predicted molar refractivity (Wildman–Crippen MR) is 107 cm³/mol. The maximum atomic E-state index is 12.6. The number of para-hydroxylation sites is 2. The number of carbonyl (C=O) groups is 1. The number of carbonyl (C=O) groups excluding carboxylic acids is 1. The largest absolute Gasteiger partial charge is 0.486 e. The number of benzene rings is 2. The molecule has 0 fully saturated rings. The zero-order valence-corrected chi connectivity index (χ0v) is 15.8. The second-order valence-corrected chi connectivity index (χ2v) is 6.39. The van der Waals surface area contributed by atoms with E-state index in [0.717, 1.165) is 23.4 Å². The van der Waals surface area contributed by atoms with Crippen molar-refractivity contribution in [1.29, 1.82) is 0 Å². The highest BCUT2D eigenvalue weighted by Crippen LogP contribution is 2.20. The third kappa shape index (κ3) is 3.46. The number of ether oxygens (including phenoxy) is 1. The van der Waals surface area contributed by atoms with E-state index in [0.29, 0.717) is 23.9 Å². The molecule has 2 aromatic carbocycles. The van der Waals surface area contributed by atoms with Crippen molar-refractivity contribution < 1.29 is 9.53 Å². The molecule has 0 aliphatic rings. The van der Waals surface area contributed by atoms with E-state index in [1.807, 2.05) is 53.6 Å². The molecule has 28 heavy (non-hydrogen) atoms. The van der Waals surface area contributed by atoms with Crippen LogP contribution in [0.25, 0.3) is 11.0 Å². The molecular weight excluding hydrogens is 354 g/mol. The Balaban J connectivity index is 1.46. The van der Waals surface area contributed by atoms with Gasteiger partial charge in [0.1, 0.15) is 18.2 Å². The fourth-order valence-corrected chi connectivity index (χ4v) is 3.05. The van der Waals surface area contributed by atoms with Crippen molar-refractivity contribution in [3.05, 3.63) is 72.3 Å². The second kappa shape index (κ2) is 7.56. The first kappa shape index (κ1) is 17.8. The van der Waals surface area contributed by atoms with Crippen molar-refractivity contribution >= 4 is 22.9 Å². The van der Waals surface area contributed by atoms with Gasteiger partial charge in [-0.2, -0.15) is 0 Å². The van der Waals surface area contributed by atoms with Gasteiger partial charge in [0.05, 0.1) is 11.0 Å². The van der Waals surface area contributed by atoms with Gasteiger partial charge in [-0.05, 0) is 43.3 Å². The average molecular weight is 375 g/mol. The molecule has 4 aromatic rings. The standard InChI is InChI=1S/C21H21N5O2/c1-3-26-18-7-5-4-6-17(18)23-21(26)24-20(27)15-8-10-16(11-9-15)28-14-19-22-12-13-25(19)2/h4-13H,3,14H2,1-2H3,(H,23,24,27). The van der Waals surface area contributed by atoms with E-state index >= 15 is 0 Å². The molecule has 0 aliphatic heterocycles. The lowest BCUT2D eigenvalue weighted by Gasteiger charge is -2.09. The van der Waals surface area contributed by atoms with Gasteiger partial charge in [0.2, 0.25) is 5.95 Å². The highest BCUT2D eigenvalue weighted by atomic mass is 16.5. The van der Waals surface area contributed by atoms with Crippen LogP contribution in [0.2, 0.25) is 0 Å². The van der Waals surface area contributed by atoms with Gasteiger partial charge in [0, 0.05) is 31.5 Å². The molecule has 1 amide bonds. The lowest BCUT2D eigenvalue weighted by atomic mass is 10.2. The lowest BCUT2D eigenvalue weighted by molar-refractivity contribution is 0.102. The summed E-state index contributed by atoms with van der Waals surface area (Å²) >= 11 is 0. The third-order valence-electron chi connectivity index (χ3n) is 4.60. The minimum Gasteiger partial charge on any atom is -0.486 e. The van der Waals surface area contributed by atoms with Crippen LogP contribution in [0.4, 0.5) is 5.95 Å². The monoisotopic (exact) mass is 375 g/mol. The molecule has 0 radical (unpaired) electrons. The van der Waals surface area contributed by atoms with Gasteiger partial charge in [-0.3, -0.25) is 10.1 Å². The number of hydrogen-bond donors (Lipinski definition) is 1. The van der Waals surface area contributed by atoms with E-state index < -0.39 is 0 Å². The van der Waals surface area contributed by atoms with E-state index in [-0.39, 0.29) is 5.91 Å². The topological polar surface area (TPSA) is 74.0 Å². The number of imidazole rings is 2. The summed E-state index contributed by atoms with van der Waals surface area (Å²) in [5.74, 6) is 1.85. The number of nitrogens with zero attached hydrogens (tertiary/aromatic N) is 4. The highest BCUT2D eigenvalue weighted by Gasteiger charge is 2.13. The molecule has 2 aromatic heterocycles. The zero-order valence-electron chi connectivity index (χ0n) is 15.8. The van der Waals surface area contributed by atoms with E-state index in [1.54, 1.807) is 30.5 Å². The van der Waals surface area contributed by atoms with Crippen LogP contribution in [0.5, 0.6) is 5.75 Å². The lowest BCUT2D eigenvalue weighted by Crippen LogP contribution is -2.15. The minimum absolute atomic E-state index is 0.208. The van der Waals surface area contributed by atoms with Gasteiger partial charge in [0.15, 0.2) is 0 Å². The number of anilines is 1. The summed E-state index contributed by atoms with van der Waals surface area (Å²) in [7, 11) is 1.92. The van der Waals surface area contributed by atoms with E-state index in [4.69, 9.17) is 4.74 Å². The van der Waals surface area contributed by atoms with Gasteiger partial charge in [-0.25, -0.2) is 9.97 Å². The van der Waals surface area contributed by atoms with Crippen molar-refractivity contribution in [3.63, 3.8) is 0 Å². The summed E-state index contributed by atoms with van der Waals surface area (Å²) in [5.41, 5.74) is 2.40. The van der Waals surface area contributed by atoms with Crippen molar-refractivity contribution in [3.8, 4) is 5.75 Å². The molecule has 0 atom stereocenters. The Kier molecular flexibility index (Phi) is 4.80. The van der Waals surface area contributed by atoms with Crippen LogP contribution in [0.15, 0.2) is 60.9 Å². The molecule has 0 saturated carbocycles. The summed E-state index contributed by atoms with van der Waals surface area (Å²) in [6.45, 7) is 3.11. The van der Waals surface area contributed by atoms with Gasteiger partial charge in [-0.1, -0.05) is 12.1 Å². The maximum absolute atomic E-state index is 12.6. The van der Waals surface area contributed by atoms with Gasteiger partial charge < -0.3 is 13.9 Å². The average Bonchev–Trinajstić information content (AvgIpc) is 3.29. The van der Waals surface area contributed by atoms with Gasteiger partial charge in [0.25, 0.3) is 5.91 Å². The van der Waals surface area contributed by atoms with E-state index in [9.17, 15) is 4.79 Å². The highest BCUT2D eigenvalue weighted by molar-refractivity contribution is 6.04. The normalized spacial score (nSPS) is 10.9. The third-order valence-corrected chi connectivity index (χ3v) is 4.60. The Morgan fingerprint density at radius 2 is 1.93 bits per heavy atom. The van der Waals surface area contributed by atoms with Crippen LogP contribution < -0.4 is 10.1 Å². The van der Waals surface area contributed by atoms with Crippen LogP contribution in [-0.2, 0) is 20.2 Å². The number of nitrogens with one attached hydrogen (secondary N) is 1. The smallest absolute Gasteiger partial charge is 0.257 e. The summed E-state index contributed by atoms with van der Waals surface area (Å²) in [6, 6.07) is 14.9. The Bertz CT molecular complexity index is 1110. The number of hydrogen-bond acceptors (Lipinski definition) is 4. The second-order valence-electron chi connectivity index (χ2n) is 6.39. The number of rotatable bonds is 6. The van der Waals surface area contributed by atoms with Crippen molar-refractivity contribution in [2.24, 2.45) is 7.05 Å². The summed E-state index contributed by atoms with van der Waals surface area (Å²) in [6.07, 6.45) is 3.60. The molecule has 1 N–H and O–H groups in total. The molecule has 0 aliphatic carbocycles. The summed E-state index contributed by atoms with van der Waals surface area (Å²) in [5, 5.41) is 2.91. The van der Waals surface area contributed by atoms with Crippen LogP contribution in [0, 0.1) is 0 Å². The summed E-state index contributed by atoms with van der Waals surface area (Å²) in [4.78, 5) is 21.4. The molecule has 0 unspecified atom stereocenters. The molecule has 7 nitrogen and oxygen atoms in total.